The summed E-state index contributed by atoms with van der Waals surface area (Å²) in [7, 11) is 0. The molecule has 0 aliphatic carbocycles. The number of rotatable bonds is 6. The van der Waals surface area contributed by atoms with E-state index in [4.69, 9.17) is 4.74 Å². The normalized spacial score (nSPS) is 10.2. The Morgan fingerprint density at radius 1 is 1.17 bits per heavy atom. The molecule has 2 rings (SSSR count). The zero-order valence-corrected chi connectivity index (χ0v) is 13.1. The molecule has 120 valence electrons. The molecule has 0 atom stereocenters. The van der Waals surface area contributed by atoms with Crippen molar-refractivity contribution in [3.63, 3.8) is 0 Å². The van der Waals surface area contributed by atoms with E-state index in [0.29, 0.717) is 23.6 Å². The van der Waals surface area contributed by atoms with E-state index in [-0.39, 0.29) is 11.3 Å². The van der Waals surface area contributed by atoms with Crippen molar-refractivity contribution in [1.29, 1.82) is 0 Å². The number of benzene rings is 2. The summed E-state index contributed by atoms with van der Waals surface area (Å²) < 4.78 is 19.3. The molecule has 0 aliphatic heterocycles. The third-order valence-corrected chi connectivity index (χ3v) is 3.21. The molecule has 0 spiro atoms. The van der Waals surface area contributed by atoms with Gasteiger partial charge in [0, 0.05) is 5.56 Å². The first-order valence-electron chi connectivity index (χ1n) is 7.36. The highest BCUT2D eigenvalue weighted by atomic mass is 19.1. The van der Waals surface area contributed by atoms with Crippen molar-refractivity contribution in [2.75, 3.05) is 11.9 Å². The maximum atomic E-state index is 13.7. The Labute approximate surface area is 134 Å². The van der Waals surface area contributed by atoms with Crippen molar-refractivity contribution in [1.82, 2.24) is 0 Å². The van der Waals surface area contributed by atoms with E-state index in [1.54, 1.807) is 18.2 Å². The van der Waals surface area contributed by atoms with Crippen LogP contribution in [0, 0.1) is 5.82 Å². The van der Waals surface area contributed by atoms with Crippen LogP contribution in [0.5, 0.6) is 5.75 Å². The van der Waals surface area contributed by atoms with E-state index < -0.39 is 11.7 Å². The van der Waals surface area contributed by atoms with Crippen molar-refractivity contribution in [2.45, 2.75) is 20.3 Å². The first-order valence-corrected chi connectivity index (χ1v) is 7.36. The monoisotopic (exact) mass is 315 g/mol. The van der Waals surface area contributed by atoms with E-state index in [0.717, 1.165) is 6.42 Å². The van der Waals surface area contributed by atoms with Gasteiger partial charge in [0.2, 0.25) is 0 Å². The Morgan fingerprint density at radius 2 is 1.91 bits per heavy atom. The molecule has 5 heteroatoms. The Hall–Kier alpha value is -2.69. The summed E-state index contributed by atoms with van der Waals surface area (Å²) in [6, 6.07) is 10.5. The summed E-state index contributed by atoms with van der Waals surface area (Å²) in [6.45, 7) is 3.87. The van der Waals surface area contributed by atoms with Crippen LogP contribution in [-0.2, 0) is 0 Å². The van der Waals surface area contributed by atoms with E-state index in [9.17, 15) is 14.0 Å². The lowest BCUT2D eigenvalue weighted by atomic mass is 10.1. The molecule has 1 N–H and O–H groups in total. The number of amides is 1. The SMILES string of the molecule is CCCOc1ccc(C(C)=O)cc1NC(=O)c1ccccc1F. The quantitative estimate of drug-likeness (QED) is 0.818. The van der Waals surface area contributed by atoms with Crippen LogP contribution in [0.2, 0.25) is 0 Å². The average molecular weight is 315 g/mol. The number of anilines is 1. The topological polar surface area (TPSA) is 55.4 Å². The van der Waals surface area contributed by atoms with Crippen LogP contribution in [0.15, 0.2) is 42.5 Å². The fraction of sp³-hybridized carbons (Fsp3) is 0.222. The second kappa shape index (κ2) is 7.54. The van der Waals surface area contributed by atoms with Crippen LogP contribution in [0.1, 0.15) is 41.0 Å². The van der Waals surface area contributed by atoms with Crippen molar-refractivity contribution >= 4 is 17.4 Å². The van der Waals surface area contributed by atoms with Gasteiger partial charge >= 0.3 is 0 Å². The summed E-state index contributed by atoms with van der Waals surface area (Å²) in [4.78, 5) is 23.8. The maximum Gasteiger partial charge on any atom is 0.258 e. The third-order valence-electron chi connectivity index (χ3n) is 3.21. The summed E-state index contributed by atoms with van der Waals surface area (Å²) in [5, 5.41) is 2.62. The Bertz CT molecular complexity index is 728. The second-order valence-corrected chi connectivity index (χ2v) is 5.05. The molecule has 4 nitrogen and oxygen atoms in total. The van der Waals surface area contributed by atoms with Gasteiger partial charge in [0.25, 0.3) is 5.91 Å². The van der Waals surface area contributed by atoms with Crippen LogP contribution >= 0.6 is 0 Å². The highest BCUT2D eigenvalue weighted by molar-refractivity contribution is 6.06. The van der Waals surface area contributed by atoms with Gasteiger partial charge in [0.15, 0.2) is 5.78 Å². The molecule has 0 fully saturated rings. The lowest BCUT2D eigenvalue weighted by Crippen LogP contribution is -2.15. The molecule has 0 saturated heterocycles. The molecule has 23 heavy (non-hydrogen) atoms. The highest BCUT2D eigenvalue weighted by Gasteiger charge is 2.15. The van der Waals surface area contributed by atoms with Gasteiger partial charge in [0.1, 0.15) is 11.6 Å². The highest BCUT2D eigenvalue weighted by Crippen LogP contribution is 2.27. The largest absolute Gasteiger partial charge is 0.491 e. The number of hydrogen-bond donors (Lipinski definition) is 1. The van der Waals surface area contributed by atoms with Gasteiger partial charge in [-0.05, 0) is 43.7 Å². The second-order valence-electron chi connectivity index (χ2n) is 5.05. The number of halogens is 1. The van der Waals surface area contributed by atoms with Gasteiger partial charge < -0.3 is 10.1 Å². The Morgan fingerprint density at radius 3 is 2.57 bits per heavy atom. The van der Waals surface area contributed by atoms with Gasteiger partial charge in [-0.15, -0.1) is 0 Å². The van der Waals surface area contributed by atoms with E-state index in [1.807, 2.05) is 6.92 Å². The molecule has 0 aromatic heterocycles. The standard InChI is InChI=1S/C18H18FNO3/c1-3-10-23-17-9-8-13(12(2)21)11-16(17)20-18(22)14-6-4-5-7-15(14)19/h4-9,11H,3,10H2,1-2H3,(H,20,22). The summed E-state index contributed by atoms with van der Waals surface area (Å²) in [6.07, 6.45) is 0.801. The number of hydrogen-bond acceptors (Lipinski definition) is 3. The smallest absolute Gasteiger partial charge is 0.258 e. The molecule has 0 radical (unpaired) electrons. The molecule has 0 bridgehead atoms. The van der Waals surface area contributed by atoms with Gasteiger partial charge in [0.05, 0.1) is 17.9 Å². The summed E-state index contributed by atoms with van der Waals surface area (Å²) >= 11 is 0. The van der Waals surface area contributed by atoms with Gasteiger partial charge in [-0.3, -0.25) is 9.59 Å². The molecule has 0 saturated carbocycles. The Kier molecular flexibility index (Phi) is 5.46. The minimum atomic E-state index is -0.608. The van der Waals surface area contributed by atoms with Gasteiger partial charge in [-0.1, -0.05) is 19.1 Å². The number of carbonyl (C=O) groups excluding carboxylic acids is 2. The number of carbonyl (C=O) groups is 2. The van der Waals surface area contributed by atoms with E-state index >= 15 is 0 Å². The van der Waals surface area contributed by atoms with E-state index in [2.05, 4.69) is 5.32 Å². The lowest BCUT2D eigenvalue weighted by Gasteiger charge is -2.13. The average Bonchev–Trinajstić information content (AvgIpc) is 2.53. The summed E-state index contributed by atoms with van der Waals surface area (Å²) in [5.41, 5.74) is 0.722. The van der Waals surface area contributed by atoms with Crippen LogP contribution in [0.3, 0.4) is 0 Å². The predicted octanol–water partition coefficient (Wildman–Crippen LogP) is 4.07. The van der Waals surface area contributed by atoms with Crippen LogP contribution < -0.4 is 10.1 Å². The van der Waals surface area contributed by atoms with Gasteiger partial charge in [-0.25, -0.2) is 4.39 Å². The minimum Gasteiger partial charge on any atom is -0.491 e. The first kappa shape index (κ1) is 16.7. The molecular weight excluding hydrogens is 297 g/mol. The fourth-order valence-electron chi connectivity index (χ4n) is 2.02. The molecule has 0 unspecified atom stereocenters. The maximum absolute atomic E-state index is 13.7. The van der Waals surface area contributed by atoms with Crippen molar-refractivity contribution < 1.29 is 18.7 Å². The molecule has 2 aromatic rings. The van der Waals surface area contributed by atoms with Gasteiger partial charge in [-0.2, -0.15) is 0 Å². The summed E-state index contributed by atoms with van der Waals surface area (Å²) in [5.74, 6) is -0.885. The van der Waals surface area contributed by atoms with Crippen molar-refractivity contribution in [3.8, 4) is 5.75 Å². The molecule has 2 aromatic carbocycles. The predicted molar refractivity (Wildman–Crippen MR) is 86.6 cm³/mol. The number of ketones is 1. The molecule has 0 heterocycles. The van der Waals surface area contributed by atoms with Crippen LogP contribution in [-0.4, -0.2) is 18.3 Å². The fourth-order valence-corrected chi connectivity index (χ4v) is 2.02. The minimum absolute atomic E-state index is 0.0674. The first-order chi connectivity index (χ1) is 11.0. The third kappa shape index (κ3) is 4.16. The Balaban J connectivity index is 2.32. The van der Waals surface area contributed by atoms with Crippen LogP contribution in [0.25, 0.3) is 0 Å². The molecule has 0 aliphatic rings. The zero-order chi connectivity index (χ0) is 16.8. The van der Waals surface area contributed by atoms with Crippen LogP contribution in [0.4, 0.5) is 10.1 Å². The number of ether oxygens (including phenoxy) is 1. The number of Topliss-reactive ketones (excluding diaryl/α,β-unsaturated/α-hetero) is 1. The van der Waals surface area contributed by atoms with E-state index in [1.165, 1.54) is 31.2 Å². The molecular formula is C18H18FNO3. The number of nitrogens with one attached hydrogen (secondary N) is 1. The lowest BCUT2D eigenvalue weighted by molar-refractivity contribution is 0.100. The van der Waals surface area contributed by atoms with Crippen molar-refractivity contribution in [2.24, 2.45) is 0 Å². The van der Waals surface area contributed by atoms with Crippen molar-refractivity contribution in [3.05, 3.63) is 59.4 Å². The molecule has 1 amide bonds. The zero-order valence-electron chi connectivity index (χ0n) is 13.1.